The highest BCUT2D eigenvalue weighted by Gasteiger charge is 2.13. The van der Waals surface area contributed by atoms with Crippen LogP contribution in [0.3, 0.4) is 0 Å². The lowest BCUT2D eigenvalue weighted by molar-refractivity contribution is 0.107. The molecule has 4 aromatic carbocycles. The van der Waals surface area contributed by atoms with E-state index in [0.717, 1.165) is 10.8 Å². The number of fused-ring (bicyclic) bond motifs is 2. The van der Waals surface area contributed by atoms with Gasteiger partial charge in [0.25, 0.3) is 21.0 Å². The first-order valence-electron chi connectivity index (χ1n) is 9.04. The minimum atomic E-state index is -0.551. The predicted octanol–water partition coefficient (Wildman–Crippen LogP) is 7.20. The van der Waals surface area contributed by atoms with Gasteiger partial charge < -0.3 is 0 Å². The van der Waals surface area contributed by atoms with E-state index < -0.39 is 21.0 Å². The molecule has 0 aliphatic rings. The van der Waals surface area contributed by atoms with Crippen molar-refractivity contribution in [3.05, 3.63) is 95.1 Å². The Bertz CT molecular complexity index is 1290. The first-order chi connectivity index (χ1) is 15.2. The summed E-state index contributed by atoms with van der Waals surface area (Å²) in [7, 11) is 0. The molecular formula is C24H12Cl4O4. The van der Waals surface area contributed by atoms with E-state index >= 15 is 0 Å². The van der Waals surface area contributed by atoms with Gasteiger partial charge in [0.2, 0.25) is 0 Å². The van der Waals surface area contributed by atoms with Crippen LogP contribution in [0.25, 0.3) is 21.5 Å². The van der Waals surface area contributed by atoms with Gasteiger partial charge >= 0.3 is 0 Å². The van der Waals surface area contributed by atoms with E-state index in [9.17, 15) is 19.2 Å². The summed E-state index contributed by atoms with van der Waals surface area (Å²) in [6, 6.07) is 20.1. The fraction of sp³-hybridized carbons (Fsp3) is 0. The van der Waals surface area contributed by atoms with Gasteiger partial charge in [-0.05, 0) is 104 Å². The molecule has 0 heterocycles. The van der Waals surface area contributed by atoms with Gasteiger partial charge in [-0.1, -0.05) is 36.4 Å². The van der Waals surface area contributed by atoms with Crippen molar-refractivity contribution in [2.75, 3.05) is 0 Å². The van der Waals surface area contributed by atoms with Crippen molar-refractivity contribution >= 4 is 88.9 Å². The molecule has 4 nitrogen and oxygen atoms in total. The van der Waals surface area contributed by atoms with E-state index in [1.165, 1.54) is 12.1 Å². The second-order valence-corrected chi connectivity index (χ2v) is 7.95. The Kier molecular flexibility index (Phi) is 7.64. The van der Waals surface area contributed by atoms with Gasteiger partial charge in [-0.25, -0.2) is 0 Å². The van der Waals surface area contributed by atoms with E-state index in [0.29, 0.717) is 33.0 Å². The summed E-state index contributed by atoms with van der Waals surface area (Å²) in [4.78, 5) is 44.3. The molecule has 0 saturated carbocycles. The van der Waals surface area contributed by atoms with Gasteiger partial charge in [0, 0.05) is 22.3 Å². The van der Waals surface area contributed by atoms with Crippen molar-refractivity contribution < 1.29 is 19.2 Å². The van der Waals surface area contributed by atoms with Crippen molar-refractivity contribution in [3.8, 4) is 0 Å². The Morgan fingerprint density at radius 2 is 0.844 bits per heavy atom. The quantitative estimate of drug-likeness (QED) is 0.275. The van der Waals surface area contributed by atoms with Crippen LogP contribution in [0.1, 0.15) is 41.4 Å². The Labute approximate surface area is 202 Å². The molecule has 0 spiro atoms. The summed E-state index contributed by atoms with van der Waals surface area (Å²) in [6.07, 6.45) is 0. The van der Waals surface area contributed by atoms with Crippen LogP contribution < -0.4 is 0 Å². The summed E-state index contributed by atoms with van der Waals surface area (Å²) in [6.45, 7) is 0. The molecule has 32 heavy (non-hydrogen) atoms. The van der Waals surface area contributed by atoms with Gasteiger partial charge in [0.15, 0.2) is 0 Å². The van der Waals surface area contributed by atoms with Crippen molar-refractivity contribution in [2.24, 2.45) is 0 Å². The van der Waals surface area contributed by atoms with Gasteiger partial charge in [-0.3, -0.25) is 19.2 Å². The average Bonchev–Trinajstić information content (AvgIpc) is 2.77. The molecule has 0 radical (unpaired) electrons. The van der Waals surface area contributed by atoms with E-state index in [2.05, 4.69) is 0 Å². The highest BCUT2D eigenvalue weighted by Crippen LogP contribution is 2.25. The lowest BCUT2D eigenvalue weighted by Gasteiger charge is -2.05. The summed E-state index contributed by atoms with van der Waals surface area (Å²) in [5.41, 5.74) is 1.61. The fourth-order valence-corrected chi connectivity index (χ4v) is 3.70. The normalized spacial score (nSPS) is 10.4. The number of rotatable bonds is 4. The van der Waals surface area contributed by atoms with Crippen LogP contribution in [0.15, 0.2) is 72.8 Å². The number of halogens is 4. The van der Waals surface area contributed by atoms with Crippen LogP contribution in [0.5, 0.6) is 0 Å². The molecule has 0 aliphatic carbocycles. The highest BCUT2D eigenvalue weighted by molar-refractivity contribution is 6.70. The molecule has 8 heteroatoms. The summed E-state index contributed by atoms with van der Waals surface area (Å²) < 4.78 is 0. The van der Waals surface area contributed by atoms with Crippen LogP contribution in [0.2, 0.25) is 0 Å². The predicted molar refractivity (Wildman–Crippen MR) is 129 cm³/mol. The molecule has 0 aromatic heterocycles. The average molecular weight is 506 g/mol. The van der Waals surface area contributed by atoms with Gasteiger partial charge in [-0.15, -0.1) is 0 Å². The monoisotopic (exact) mass is 504 g/mol. The zero-order chi connectivity index (χ0) is 23.4. The van der Waals surface area contributed by atoms with Crippen LogP contribution in [0.4, 0.5) is 0 Å². The van der Waals surface area contributed by atoms with E-state index in [4.69, 9.17) is 46.4 Å². The molecule has 4 rings (SSSR count). The Morgan fingerprint density at radius 3 is 1.16 bits per heavy atom. The SMILES string of the molecule is O=C(Cl)c1ccc(C(=O)Cl)c2ccccc12.O=C(Cl)c1ccc2cc(C(=O)Cl)ccc2c1. The fourth-order valence-electron chi connectivity index (χ4n) is 3.13. The summed E-state index contributed by atoms with van der Waals surface area (Å²) in [5, 5.41) is 0.845. The zero-order valence-corrected chi connectivity index (χ0v) is 19.1. The lowest BCUT2D eigenvalue weighted by Crippen LogP contribution is -1.96. The minimum absolute atomic E-state index is 0.374. The molecule has 0 atom stereocenters. The van der Waals surface area contributed by atoms with Gasteiger partial charge in [-0.2, -0.15) is 0 Å². The third-order valence-electron chi connectivity index (χ3n) is 4.64. The minimum Gasteiger partial charge on any atom is -0.276 e. The molecule has 4 aromatic rings. The lowest BCUT2D eigenvalue weighted by atomic mass is 10.0. The van der Waals surface area contributed by atoms with Crippen LogP contribution >= 0.6 is 46.4 Å². The standard InChI is InChI=1S/2C12H6Cl2O2/c13-11(15)9-3-1-7-5-10(12(14)16)4-2-8(7)6-9;13-11(15)9-5-6-10(12(14)16)8-4-2-1-3-7(8)9/h2*1-6H. The van der Waals surface area contributed by atoms with E-state index in [1.54, 1.807) is 60.7 Å². The Hall–Kier alpha value is -2.76. The molecule has 0 bridgehead atoms. The first kappa shape index (κ1) is 23.9. The molecule has 0 unspecified atom stereocenters. The maximum atomic E-state index is 11.2. The number of hydrogen-bond acceptors (Lipinski definition) is 4. The van der Waals surface area contributed by atoms with Crippen molar-refractivity contribution in [2.45, 2.75) is 0 Å². The van der Waals surface area contributed by atoms with Gasteiger partial charge in [0.05, 0.1) is 0 Å². The second-order valence-electron chi connectivity index (χ2n) is 6.58. The van der Waals surface area contributed by atoms with E-state index in [-0.39, 0.29) is 0 Å². The largest absolute Gasteiger partial charge is 0.276 e. The first-order valence-corrected chi connectivity index (χ1v) is 10.5. The molecule has 0 N–H and O–H groups in total. The van der Waals surface area contributed by atoms with Crippen molar-refractivity contribution in [1.29, 1.82) is 0 Å². The van der Waals surface area contributed by atoms with E-state index in [1.807, 2.05) is 0 Å². The molecular weight excluding hydrogens is 494 g/mol. The van der Waals surface area contributed by atoms with Crippen LogP contribution in [-0.2, 0) is 0 Å². The maximum absolute atomic E-state index is 11.2. The van der Waals surface area contributed by atoms with Crippen LogP contribution in [0, 0.1) is 0 Å². The number of carbonyl (C=O) groups excluding carboxylic acids is 4. The van der Waals surface area contributed by atoms with Gasteiger partial charge in [0.1, 0.15) is 0 Å². The summed E-state index contributed by atoms with van der Waals surface area (Å²) in [5.74, 6) is 0. The number of carbonyl (C=O) groups is 4. The Balaban J connectivity index is 0.000000181. The highest BCUT2D eigenvalue weighted by atomic mass is 35.5. The zero-order valence-electron chi connectivity index (χ0n) is 16.1. The van der Waals surface area contributed by atoms with Crippen molar-refractivity contribution in [3.63, 3.8) is 0 Å². The molecule has 0 aliphatic heterocycles. The number of hydrogen-bond donors (Lipinski definition) is 0. The summed E-state index contributed by atoms with van der Waals surface area (Å²) >= 11 is 21.7. The van der Waals surface area contributed by atoms with Crippen molar-refractivity contribution in [1.82, 2.24) is 0 Å². The molecule has 0 fully saturated rings. The maximum Gasteiger partial charge on any atom is 0.253 e. The number of benzene rings is 4. The Morgan fingerprint density at radius 1 is 0.469 bits per heavy atom. The molecule has 0 amide bonds. The molecule has 160 valence electrons. The van der Waals surface area contributed by atoms with Crippen LogP contribution in [-0.4, -0.2) is 21.0 Å². The third-order valence-corrected chi connectivity index (χ3v) is 5.49. The second kappa shape index (κ2) is 10.2. The third kappa shape index (κ3) is 5.34. The molecule has 0 saturated heterocycles. The smallest absolute Gasteiger partial charge is 0.253 e. The topological polar surface area (TPSA) is 68.3 Å².